The second-order valence-corrected chi connectivity index (χ2v) is 4.97. The topological polar surface area (TPSA) is 48.1 Å². The first kappa shape index (κ1) is 14.0. The first-order chi connectivity index (χ1) is 9.10. The third-order valence-corrected chi connectivity index (χ3v) is 3.31. The fraction of sp³-hybridized carbons (Fsp3) is 0.214. The number of benzene rings is 1. The second kappa shape index (κ2) is 6.12. The average molecular weight is 325 g/mol. The number of pyridine rings is 1. The number of hydrogen-bond donors (Lipinski definition) is 1. The van der Waals surface area contributed by atoms with Crippen LogP contribution in [0.5, 0.6) is 11.5 Å². The molecule has 0 amide bonds. The van der Waals surface area contributed by atoms with Gasteiger partial charge in [-0.15, -0.1) is 0 Å². The van der Waals surface area contributed by atoms with Crippen LogP contribution in [-0.4, -0.2) is 4.98 Å². The molecule has 2 rings (SSSR count). The minimum atomic E-state index is -0.324. The summed E-state index contributed by atoms with van der Waals surface area (Å²) in [6.07, 6.45) is 2.44. The SMILES string of the molecule is CC[C@H](N)c1ccc(Oc2ccc(F)c(Br)c2)cn1. The molecule has 0 aliphatic carbocycles. The maximum Gasteiger partial charge on any atom is 0.145 e. The van der Waals surface area contributed by atoms with Crippen molar-refractivity contribution in [2.24, 2.45) is 5.73 Å². The highest BCUT2D eigenvalue weighted by atomic mass is 79.9. The Kier molecular flexibility index (Phi) is 4.50. The quantitative estimate of drug-likeness (QED) is 0.917. The van der Waals surface area contributed by atoms with Gasteiger partial charge in [-0.3, -0.25) is 4.98 Å². The molecule has 19 heavy (non-hydrogen) atoms. The largest absolute Gasteiger partial charge is 0.456 e. The van der Waals surface area contributed by atoms with E-state index in [-0.39, 0.29) is 11.9 Å². The number of nitrogens with two attached hydrogens (primary N) is 1. The van der Waals surface area contributed by atoms with E-state index in [2.05, 4.69) is 20.9 Å². The zero-order valence-corrected chi connectivity index (χ0v) is 12.0. The molecule has 0 fully saturated rings. The Labute approximate surface area is 119 Å². The first-order valence-corrected chi connectivity index (χ1v) is 6.74. The predicted octanol–water partition coefficient (Wildman–Crippen LogP) is 4.19. The number of aromatic nitrogens is 1. The molecule has 0 aliphatic rings. The summed E-state index contributed by atoms with van der Waals surface area (Å²) in [6, 6.07) is 8.05. The van der Waals surface area contributed by atoms with E-state index in [0.29, 0.717) is 16.0 Å². The molecule has 1 aromatic carbocycles. The lowest BCUT2D eigenvalue weighted by Gasteiger charge is -2.10. The summed E-state index contributed by atoms with van der Waals surface area (Å²) in [5.74, 6) is 0.808. The molecule has 0 aliphatic heterocycles. The normalized spacial score (nSPS) is 12.2. The average Bonchev–Trinajstić information content (AvgIpc) is 2.43. The van der Waals surface area contributed by atoms with Gasteiger partial charge < -0.3 is 10.5 Å². The molecule has 0 spiro atoms. The van der Waals surface area contributed by atoms with Crippen LogP contribution >= 0.6 is 15.9 Å². The molecule has 5 heteroatoms. The molecule has 2 N–H and O–H groups in total. The third kappa shape index (κ3) is 3.52. The molecule has 1 heterocycles. The molecule has 100 valence electrons. The van der Waals surface area contributed by atoms with Gasteiger partial charge in [-0.2, -0.15) is 0 Å². The second-order valence-electron chi connectivity index (χ2n) is 4.11. The van der Waals surface area contributed by atoms with Crippen LogP contribution in [0.2, 0.25) is 0 Å². The van der Waals surface area contributed by atoms with E-state index in [1.807, 2.05) is 13.0 Å². The monoisotopic (exact) mass is 324 g/mol. The van der Waals surface area contributed by atoms with Crippen LogP contribution in [0.15, 0.2) is 41.0 Å². The summed E-state index contributed by atoms with van der Waals surface area (Å²) < 4.78 is 19.0. The van der Waals surface area contributed by atoms with Crippen LogP contribution in [0.25, 0.3) is 0 Å². The zero-order chi connectivity index (χ0) is 13.8. The third-order valence-electron chi connectivity index (χ3n) is 2.71. The lowest BCUT2D eigenvalue weighted by molar-refractivity contribution is 0.476. The Morgan fingerprint density at radius 3 is 2.63 bits per heavy atom. The fourth-order valence-corrected chi connectivity index (χ4v) is 1.91. The Balaban J connectivity index is 2.12. The molecule has 0 radical (unpaired) electrons. The van der Waals surface area contributed by atoms with Gasteiger partial charge in [-0.25, -0.2) is 4.39 Å². The smallest absolute Gasteiger partial charge is 0.145 e. The standard InChI is InChI=1S/C14H14BrFN2O/c1-2-13(17)14-6-4-10(8-18-14)19-9-3-5-12(16)11(15)7-9/h3-8,13H,2,17H2,1H3/t13-/m0/s1. The predicted molar refractivity (Wildman–Crippen MR) is 75.6 cm³/mol. The summed E-state index contributed by atoms with van der Waals surface area (Å²) in [4.78, 5) is 4.25. The van der Waals surface area contributed by atoms with E-state index in [1.165, 1.54) is 6.07 Å². The van der Waals surface area contributed by atoms with Gasteiger partial charge in [0.25, 0.3) is 0 Å². The number of hydrogen-bond acceptors (Lipinski definition) is 3. The van der Waals surface area contributed by atoms with Crippen LogP contribution in [0.1, 0.15) is 25.1 Å². The van der Waals surface area contributed by atoms with Crippen molar-refractivity contribution in [3.8, 4) is 11.5 Å². The molecule has 0 bridgehead atoms. The van der Waals surface area contributed by atoms with Crippen LogP contribution < -0.4 is 10.5 Å². The van der Waals surface area contributed by atoms with Crippen molar-refractivity contribution in [2.75, 3.05) is 0 Å². The van der Waals surface area contributed by atoms with Gasteiger partial charge in [0.15, 0.2) is 0 Å². The minimum absolute atomic E-state index is 0.0611. The number of rotatable bonds is 4. The molecular weight excluding hydrogens is 311 g/mol. The van der Waals surface area contributed by atoms with Crippen LogP contribution in [0, 0.1) is 5.82 Å². The van der Waals surface area contributed by atoms with E-state index in [9.17, 15) is 4.39 Å². The maximum atomic E-state index is 13.1. The van der Waals surface area contributed by atoms with Crippen molar-refractivity contribution in [3.05, 3.63) is 52.5 Å². The summed E-state index contributed by atoms with van der Waals surface area (Å²) in [6.45, 7) is 2.01. The van der Waals surface area contributed by atoms with Crippen LogP contribution in [-0.2, 0) is 0 Å². The van der Waals surface area contributed by atoms with Crippen LogP contribution in [0.3, 0.4) is 0 Å². The van der Waals surface area contributed by atoms with Gasteiger partial charge in [0.05, 0.1) is 16.4 Å². The molecule has 1 atom stereocenters. The van der Waals surface area contributed by atoms with Crippen LogP contribution in [0.4, 0.5) is 4.39 Å². The maximum absolute atomic E-state index is 13.1. The highest BCUT2D eigenvalue weighted by Gasteiger charge is 2.06. The van der Waals surface area contributed by atoms with Gasteiger partial charge >= 0.3 is 0 Å². The van der Waals surface area contributed by atoms with E-state index >= 15 is 0 Å². The van der Waals surface area contributed by atoms with Gasteiger partial charge in [0.1, 0.15) is 17.3 Å². The fourth-order valence-electron chi connectivity index (χ4n) is 1.56. The molecule has 2 aromatic rings. The zero-order valence-electron chi connectivity index (χ0n) is 10.4. The first-order valence-electron chi connectivity index (χ1n) is 5.94. The van der Waals surface area contributed by atoms with Crippen molar-refractivity contribution < 1.29 is 9.13 Å². The van der Waals surface area contributed by atoms with Crippen molar-refractivity contribution in [1.82, 2.24) is 4.98 Å². The summed E-state index contributed by atoms with van der Waals surface area (Å²) in [7, 11) is 0. The van der Waals surface area contributed by atoms with Crippen molar-refractivity contribution >= 4 is 15.9 Å². The van der Waals surface area contributed by atoms with Crippen molar-refractivity contribution in [2.45, 2.75) is 19.4 Å². The summed E-state index contributed by atoms with van der Waals surface area (Å²) in [5, 5.41) is 0. The van der Waals surface area contributed by atoms with E-state index in [0.717, 1.165) is 12.1 Å². The highest BCUT2D eigenvalue weighted by Crippen LogP contribution is 2.26. The number of halogens is 2. The molecule has 0 saturated carbocycles. The molecule has 1 aromatic heterocycles. The molecule has 0 unspecified atom stereocenters. The number of ether oxygens (including phenoxy) is 1. The summed E-state index contributed by atoms with van der Waals surface area (Å²) in [5.41, 5.74) is 6.71. The molecule has 0 saturated heterocycles. The molecular formula is C14H14BrFN2O. The minimum Gasteiger partial charge on any atom is -0.456 e. The van der Waals surface area contributed by atoms with Crippen molar-refractivity contribution in [3.63, 3.8) is 0 Å². The molecule has 3 nitrogen and oxygen atoms in total. The van der Waals surface area contributed by atoms with Gasteiger partial charge in [0.2, 0.25) is 0 Å². The van der Waals surface area contributed by atoms with Gasteiger partial charge in [0, 0.05) is 6.04 Å². The Morgan fingerprint density at radius 1 is 1.32 bits per heavy atom. The Morgan fingerprint density at radius 2 is 2.05 bits per heavy atom. The van der Waals surface area contributed by atoms with E-state index in [1.54, 1.807) is 24.4 Å². The Bertz CT molecular complexity index is 560. The summed E-state index contributed by atoms with van der Waals surface area (Å²) >= 11 is 3.11. The number of nitrogens with zero attached hydrogens (tertiary/aromatic N) is 1. The van der Waals surface area contributed by atoms with Gasteiger partial charge in [-0.05, 0) is 52.7 Å². The lowest BCUT2D eigenvalue weighted by atomic mass is 10.1. The lowest BCUT2D eigenvalue weighted by Crippen LogP contribution is -2.10. The highest BCUT2D eigenvalue weighted by molar-refractivity contribution is 9.10. The van der Waals surface area contributed by atoms with E-state index in [4.69, 9.17) is 10.5 Å². The van der Waals surface area contributed by atoms with Gasteiger partial charge in [-0.1, -0.05) is 6.92 Å². The van der Waals surface area contributed by atoms with Crippen molar-refractivity contribution in [1.29, 1.82) is 0 Å². The Hall–Kier alpha value is -1.46. The van der Waals surface area contributed by atoms with E-state index < -0.39 is 0 Å².